The summed E-state index contributed by atoms with van der Waals surface area (Å²) < 4.78 is 0. The van der Waals surface area contributed by atoms with E-state index in [0.717, 1.165) is 58.7 Å². The summed E-state index contributed by atoms with van der Waals surface area (Å²) in [5.41, 5.74) is 2.73. The van der Waals surface area contributed by atoms with E-state index >= 15 is 0 Å². The smallest absolute Gasteiger partial charge is 0.252 e. The number of carbonyl (C=O) groups excluding carboxylic acids is 2. The lowest BCUT2D eigenvalue weighted by molar-refractivity contribution is 0.0907. The fourth-order valence-corrected chi connectivity index (χ4v) is 6.35. The Hall–Kier alpha value is -4.98. The molecule has 3 N–H and O–H groups in total. The largest absolute Gasteiger partial charge is 0.362 e. The third-order valence-electron chi connectivity index (χ3n) is 8.79. The first-order valence-corrected chi connectivity index (χ1v) is 15.7. The average Bonchev–Trinajstić information content (AvgIpc) is 3.07. The Bertz CT molecular complexity index is 1820. The Kier molecular flexibility index (Phi) is 8.91. The van der Waals surface area contributed by atoms with Crippen molar-refractivity contribution in [2.24, 2.45) is 5.92 Å². The van der Waals surface area contributed by atoms with Gasteiger partial charge in [0.1, 0.15) is 5.82 Å². The van der Waals surface area contributed by atoms with Crippen LogP contribution >= 0.6 is 0 Å². The van der Waals surface area contributed by atoms with Gasteiger partial charge in [0.15, 0.2) is 0 Å². The van der Waals surface area contributed by atoms with Crippen LogP contribution in [0.4, 0.5) is 11.8 Å². The molecule has 1 aliphatic carbocycles. The Morgan fingerprint density at radius 2 is 1.42 bits per heavy atom. The second kappa shape index (κ2) is 13.3. The lowest BCUT2D eigenvalue weighted by Crippen LogP contribution is -2.35. The highest BCUT2D eigenvalue weighted by Gasteiger charge is 2.24. The second-order valence-electron chi connectivity index (χ2n) is 12.2. The fourth-order valence-electron chi connectivity index (χ4n) is 6.35. The molecule has 1 atom stereocenters. The highest BCUT2D eigenvalue weighted by atomic mass is 16.2. The predicted molar refractivity (Wildman–Crippen MR) is 182 cm³/mol. The van der Waals surface area contributed by atoms with Crippen molar-refractivity contribution < 1.29 is 9.59 Å². The normalized spacial score (nSPS) is 17.0. The van der Waals surface area contributed by atoms with Crippen LogP contribution in [0.3, 0.4) is 0 Å². The summed E-state index contributed by atoms with van der Waals surface area (Å²) in [6.45, 7) is 2.55. The number of hydrogen-bond donors (Lipinski definition) is 3. The van der Waals surface area contributed by atoms with Gasteiger partial charge >= 0.3 is 0 Å². The van der Waals surface area contributed by atoms with Crippen LogP contribution in [0.1, 0.15) is 64.9 Å². The third kappa shape index (κ3) is 6.75. The number of nitrogens with zero attached hydrogens (tertiary/aromatic N) is 3. The van der Waals surface area contributed by atoms with Gasteiger partial charge in [-0.15, -0.1) is 0 Å². The van der Waals surface area contributed by atoms with Crippen molar-refractivity contribution in [3.05, 3.63) is 108 Å². The number of para-hydroxylation sites is 1. The van der Waals surface area contributed by atoms with Crippen LogP contribution in [0.2, 0.25) is 0 Å². The maximum Gasteiger partial charge on any atom is 0.252 e. The van der Waals surface area contributed by atoms with Crippen molar-refractivity contribution in [2.75, 3.05) is 30.9 Å². The summed E-state index contributed by atoms with van der Waals surface area (Å²) in [6, 6.07) is 29.4. The molecule has 0 unspecified atom stereocenters. The number of aromatic nitrogens is 2. The van der Waals surface area contributed by atoms with Gasteiger partial charge < -0.3 is 20.9 Å². The summed E-state index contributed by atoms with van der Waals surface area (Å²) in [6.07, 6.45) is 3.91. The molecule has 8 nitrogen and oxygen atoms in total. The van der Waals surface area contributed by atoms with Crippen LogP contribution in [0, 0.1) is 5.92 Å². The van der Waals surface area contributed by atoms with Gasteiger partial charge in [-0.3, -0.25) is 9.59 Å². The molecule has 5 aromatic rings. The van der Waals surface area contributed by atoms with Crippen LogP contribution in [0.15, 0.2) is 91.0 Å². The van der Waals surface area contributed by atoms with Crippen LogP contribution < -0.4 is 20.9 Å². The molecule has 230 valence electrons. The highest BCUT2D eigenvalue weighted by molar-refractivity contribution is 6.07. The van der Waals surface area contributed by atoms with E-state index in [2.05, 4.69) is 34.1 Å². The molecule has 0 aliphatic heterocycles. The summed E-state index contributed by atoms with van der Waals surface area (Å²) in [7, 11) is 3.99. The predicted octanol–water partition coefficient (Wildman–Crippen LogP) is 6.74. The quantitative estimate of drug-likeness (QED) is 0.173. The van der Waals surface area contributed by atoms with Crippen LogP contribution in [-0.2, 0) is 0 Å². The number of nitrogens with one attached hydrogen (secondary N) is 3. The van der Waals surface area contributed by atoms with E-state index in [-0.39, 0.29) is 23.9 Å². The Labute approximate surface area is 264 Å². The van der Waals surface area contributed by atoms with Gasteiger partial charge in [0.25, 0.3) is 11.8 Å². The lowest BCUT2D eigenvalue weighted by Gasteiger charge is -2.29. The highest BCUT2D eigenvalue weighted by Crippen LogP contribution is 2.29. The molecule has 1 aliphatic rings. The van der Waals surface area contributed by atoms with Gasteiger partial charge in [0.2, 0.25) is 5.95 Å². The SMILES string of the molecule is C[C@H](NC(=O)c1ccccc1C(=O)NCC1CCC(Nc2nc(N(C)C)c3ccccc3n2)CC1)c1cccc2ccccc12. The van der Waals surface area contributed by atoms with E-state index in [1.54, 1.807) is 24.3 Å². The number of amides is 2. The summed E-state index contributed by atoms with van der Waals surface area (Å²) in [5.74, 6) is 1.44. The zero-order chi connectivity index (χ0) is 31.3. The van der Waals surface area contributed by atoms with Gasteiger partial charge in [-0.1, -0.05) is 66.7 Å². The summed E-state index contributed by atoms with van der Waals surface area (Å²) in [5, 5.41) is 13.0. The minimum atomic E-state index is -0.263. The van der Waals surface area contributed by atoms with E-state index in [0.29, 0.717) is 29.5 Å². The first-order valence-electron chi connectivity index (χ1n) is 15.7. The van der Waals surface area contributed by atoms with Gasteiger partial charge in [0, 0.05) is 32.1 Å². The molecule has 0 radical (unpaired) electrons. The minimum Gasteiger partial charge on any atom is -0.362 e. The molecule has 0 spiro atoms. The Morgan fingerprint density at radius 3 is 2.18 bits per heavy atom. The summed E-state index contributed by atoms with van der Waals surface area (Å²) >= 11 is 0. The molecular weight excluding hydrogens is 560 g/mol. The molecule has 0 bridgehead atoms. The average molecular weight is 601 g/mol. The Balaban J connectivity index is 1.04. The minimum absolute atomic E-state index is 0.223. The fraction of sp³-hybridized carbons (Fsp3) is 0.297. The molecule has 0 saturated heterocycles. The van der Waals surface area contributed by atoms with Gasteiger partial charge in [-0.25, -0.2) is 4.98 Å². The zero-order valence-corrected chi connectivity index (χ0v) is 26.1. The second-order valence-corrected chi connectivity index (χ2v) is 12.2. The first kappa shape index (κ1) is 30.1. The number of fused-ring (bicyclic) bond motifs is 2. The van der Waals surface area contributed by atoms with E-state index in [1.807, 2.05) is 74.4 Å². The van der Waals surface area contributed by atoms with Crippen LogP contribution in [0.5, 0.6) is 0 Å². The molecule has 1 saturated carbocycles. The van der Waals surface area contributed by atoms with E-state index in [9.17, 15) is 9.59 Å². The number of anilines is 2. The molecule has 45 heavy (non-hydrogen) atoms. The maximum absolute atomic E-state index is 13.4. The molecule has 1 heterocycles. The zero-order valence-electron chi connectivity index (χ0n) is 26.1. The number of hydrogen-bond acceptors (Lipinski definition) is 6. The van der Waals surface area contributed by atoms with Crippen molar-refractivity contribution in [2.45, 2.75) is 44.7 Å². The third-order valence-corrected chi connectivity index (χ3v) is 8.79. The van der Waals surface area contributed by atoms with Crippen LogP contribution in [0.25, 0.3) is 21.7 Å². The standard InChI is InChI=1S/C37H40N6O2/c1-24(28-17-10-12-26-11-4-5-13-29(26)28)39-36(45)31-15-7-6-14-30(31)35(44)38-23-25-19-21-27(22-20-25)40-37-41-33-18-9-8-16-32(33)34(42-37)43(2)3/h4-18,24-25,27H,19-23H2,1-3H3,(H,38,44)(H,39,45)(H,40,41,42)/t24-,25?,27?/m0/s1. The molecule has 8 heteroatoms. The monoisotopic (exact) mass is 600 g/mol. The van der Waals surface area contributed by atoms with Crippen molar-refractivity contribution in [3.8, 4) is 0 Å². The molecule has 6 rings (SSSR count). The van der Waals surface area contributed by atoms with E-state index < -0.39 is 0 Å². The molecule has 4 aromatic carbocycles. The van der Waals surface area contributed by atoms with Crippen molar-refractivity contribution in [3.63, 3.8) is 0 Å². The molecule has 1 aromatic heterocycles. The molecular formula is C37H40N6O2. The number of carbonyl (C=O) groups is 2. The van der Waals surface area contributed by atoms with Gasteiger partial charge in [-0.2, -0.15) is 4.98 Å². The van der Waals surface area contributed by atoms with Crippen molar-refractivity contribution >= 4 is 45.3 Å². The van der Waals surface area contributed by atoms with E-state index in [4.69, 9.17) is 9.97 Å². The van der Waals surface area contributed by atoms with E-state index in [1.165, 1.54) is 0 Å². The maximum atomic E-state index is 13.4. The number of rotatable bonds is 9. The van der Waals surface area contributed by atoms with Crippen molar-refractivity contribution in [1.82, 2.24) is 20.6 Å². The van der Waals surface area contributed by atoms with Crippen LogP contribution in [-0.4, -0.2) is 48.5 Å². The number of benzene rings is 4. The van der Waals surface area contributed by atoms with Gasteiger partial charge in [-0.05, 0) is 79.1 Å². The Morgan fingerprint density at radius 1 is 0.778 bits per heavy atom. The first-order chi connectivity index (χ1) is 21.9. The van der Waals surface area contributed by atoms with Crippen molar-refractivity contribution in [1.29, 1.82) is 0 Å². The van der Waals surface area contributed by atoms with Gasteiger partial charge in [0.05, 0.1) is 22.7 Å². The molecule has 2 amide bonds. The topological polar surface area (TPSA) is 99.2 Å². The lowest BCUT2D eigenvalue weighted by atomic mass is 9.86. The summed E-state index contributed by atoms with van der Waals surface area (Å²) in [4.78, 5) is 38.3. The molecule has 1 fully saturated rings.